The van der Waals surface area contributed by atoms with Crippen LogP contribution in [0.5, 0.6) is 5.75 Å². The molecule has 0 radical (unpaired) electrons. The summed E-state index contributed by atoms with van der Waals surface area (Å²) in [5.74, 6) is 2.40. The predicted molar refractivity (Wildman–Crippen MR) is 96.9 cm³/mol. The number of amides is 2. The fourth-order valence-electron chi connectivity index (χ4n) is 2.93. The summed E-state index contributed by atoms with van der Waals surface area (Å²) < 4.78 is 10.9. The van der Waals surface area contributed by atoms with Gasteiger partial charge in [-0.1, -0.05) is 37.2 Å². The molecule has 1 aromatic heterocycles. The van der Waals surface area contributed by atoms with Crippen LogP contribution in [0.1, 0.15) is 44.3 Å². The van der Waals surface area contributed by atoms with E-state index in [0.717, 1.165) is 25.1 Å². The Hall–Kier alpha value is -2.57. The molecule has 7 heteroatoms. The Balaban J connectivity index is 1.54. The minimum absolute atomic E-state index is 0.0143. The predicted octanol–water partition coefficient (Wildman–Crippen LogP) is 3.19. The molecule has 3 rings (SSSR count). The number of benzene rings is 1. The maximum absolute atomic E-state index is 12.3. The largest absolute Gasteiger partial charge is 0.484 e. The molecular formula is C19H26N4O3. The van der Waals surface area contributed by atoms with Gasteiger partial charge < -0.3 is 19.5 Å². The lowest BCUT2D eigenvalue weighted by atomic mass is 9.97. The van der Waals surface area contributed by atoms with E-state index in [2.05, 4.69) is 29.3 Å². The first-order valence-corrected chi connectivity index (χ1v) is 9.15. The van der Waals surface area contributed by atoms with E-state index in [1.807, 2.05) is 35.2 Å². The molecule has 1 aliphatic rings. The third-order valence-corrected chi connectivity index (χ3v) is 4.32. The third kappa shape index (κ3) is 4.97. The number of carbonyl (C=O) groups excluding carboxylic acids is 1. The Morgan fingerprint density at radius 3 is 2.96 bits per heavy atom. The van der Waals surface area contributed by atoms with Gasteiger partial charge in [-0.25, -0.2) is 4.79 Å². The first-order chi connectivity index (χ1) is 12.6. The molecule has 26 heavy (non-hydrogen) atoms. The molecule has 0 aliphatic carbocycles. The van der Waals surface area contributed by atoms with Gasteiger partial charge in [-0.15, -0.1) is 0 Å². The quantitative estimate of drug-likeness (QED) is 0.858. The Kier molecular flexibility index (Phi) is 6.09. The smallest absolute Gasteiger partial charge is 0.317 e. The van der Waals surface area contributed by atoms with Crippen molar-refractivity contribution >= 4 is 6.03 Å². The molecule has 2 amide bonds. The molecule has 1 saturated heterocycles. The summed E-state index contributed by atoms with van der Waals surface area (Å²) in [4.78, 5) is 18.6. The van der Waals surface area contributed by atoms with Crippen LogP contribution in [-0.2, 0) is 6.61 Å². The number of hydrogen-bond acceptors (Lipinski definition) is 5. The van der Waals surface area contributed by atoms with Crippen LogP contribution >= 0.6 is 0 Å². The van der Waals surface area contributed by atoms with Gasteiger partial charge in [0.1, 0.15) is 5.75 Å². The van der Waals surface area contributed by atoms with Crippen molar-refractivity contribution in [2.75, 3.05) is 19.6 Å². The van der Waals surface area contributed by atoms with Crippen molar-refractivity contribution in [3.05, 3.63) is 42.0 Å². The minimum atomic E-state index is -0.0143. The standard InChI is InChI=1S/C19H26N4O3/c1-14(2)11-20-19(24)23-10-6-7-15(12-23)18-21-17(26-22-18)13-25-16-8-4-3-5-9-16/h3-5,8-9,14-15H,6-7,10-13H2,1-2H3,(H,20,24). The maximum atomic E-state index is 12.3. The van der Waals surface area contributed by atoms with Gasteiger partial charge in [-0.3, -0.25) is 0 Å². The average molecular weight is 358 g/mol. The highest BCUT2D eigenvalue weighted by molar-refractivity contribution is 5.74. The van der Waals surface area contributed by atoms with Crippen LogP contribution in [0.15, 0.2) is 34.9 Å². The van der Waals surface area contributed by atoms with Gasteiger partial charge in [0.25, 0.3) is 5.89 Å². The fourth-order valence-corrected chi connectivity index (χ4v) is 2.93. The number of urea groups is 1. The van der Waals surface area contributed by atoms with E-state index < -0.39 is 0 Å². The van der Waals surface area contributed by atoms with E-state index in [0.29, 0.717) is 30.7 Å². The zero-order chi connectivity index (χ0) is 18.4. The average Bonchev–Trinajstić information content (AvgIpc) is 3.14. The normalized spacial score (nSPS) is 17.3. The molecule has 2 aromatic rings. The second-order valence-electron chi connectivity index (χ2n) is 7.01. The Labute approximate surface area is 153 Å². The number of nitrogens with one attached hydrogen (secondary N) is 1. The summed E-state index contributed by atoms with van der Waals surface area (Å²) in [7, 11) is 0. The van der Waals surface area contributed by atoms with Crippen LogP contribution < -0.4 is 10.1 Å². The zero-order valence-electron chi connectivity index (χ0n) is 15.4. The van der Waals surface area contributed by atoms with Gasteiger partial charge in [0.2, 0.25) is 0 Å². The molecule has 1 unspecified atom stereocenters. The number of rotatable bonds is 6. The van der Waals surface area contributed by atoms with E-state index in [4.69, 9.17) is 9.26 Å². The van der Waals surface area contributed by atoms with E-state index in [9.17, 15) is 4.79 Å². The number of aromatic nitrogens is 2. The first-order valence-electron chi connectivity index (χ1n) is 9.15. The fraction of sp³-hybridized carbons (Fsp3) is 0.526. The SMILES string of the molecule is CC(C)CNC(=O)N1CCCC(c2noc(COc3ccccc3)n2)C1. The number of piperidine rings is 1. The number of likely N-dealkylation sites (tertiary alicyclic amines) is 1. The van der Waals surface area contributed by atoms with Gasteiger partial charge in [0.15, 0.2) is 12.4 Å². The number of ether oxygens (including phenoxy) is 1. The molecule has 0 spiro atoms. The van der Waals surface area contributed by atoms with E-state index in [-0.39, 0.29) is 18.6 Å². The molecule has 7 nitrogen and oxygen atoms in total. The lowest BCUT2D eigenvalue weighted by molar-refractivity contribution is 0.176. The van der Waals surface area contributed by atoms with Gasteiger partial charge in [-0.2, -0.15) is 4.98 Å². The number of carbonyl (C=O) groups is 1. The van der Waals surface area contributed by atoms with Crippen LogP contribution in [0.3, 0.4) is 0 Å². The highest BCUT2D eigenvalue weighted by Gasteiger charge is 2.28. The third-order valence-electron chi connectivity index (χ3n) is 4.32. The van der Waals surface area contributed by atoms with E-state index >= 15 is 0 Å². The molecule has 140 valence electrons. The summed E-state index contributed by atoms with van der Waals surface area (Å²) in [6.45, 7) is 6.46. The van der Waals surface area contributed by atoms with E-state index in [1.165, 1.54) is 0 Å². The summed E-state index contributed by atoms with van der Waals surface area (Å²) in [5.41, 5.74) is 0. The molecule has 1 atom stereocenters. The summed E-state index contributed by atoms with van der Waals surface area (Å²) in [6.07, 6.45) is 1.89. The van der Waals surface area contributed by atoms with Crippen LogP contribution in [0, 0.1) is 5.92 Å². The van der Waals surface area contributed by atoms with Crippen molar-refractivity contribution in [2.45, 2.75) is 39.2 Å². The monoisotopic (exact) mass is 358 g/mol. The number of hydrogen-bond donors (Lipinski definition) is 1. The second kappa shape index (κ2) is 8.69. The molecule has 1 fully saturated rings. The minimum Gasteiger partial charge on any atom is -0.484 e. The Bertz CT molecular complexity index is 702. The lowest BCUT2D eigenvalue weighted by Gasteiger charge is -2.31. The van der Waals surface area contributed by atoms with Crippen molar-refractivity contribution < 1.29 is 14.1 Å². The lowest BCUT2D eigenvalue weighted by Crippen LogP contribution is -2.46. The highest BCUT2D eigenvalue weighted by atomic mass is 16.5. The molecular weight excluding hydrogens is 332 g/mol. The van der Waals surface area contributed by atoms with Crippen molar-refractivity contribution in [3.63, 3.8) is 0 Å². The summed E-state index contributed by atoms with van der Waals surface area (Å²) >= 11 is 0. The first kappa shape index (κ1) is 18.2. The van der Waals surface area contributed by atoms with Crippen molar-refractivity contribution in [3.8, 4) is 5.75 Å². The summed E-state index contributed by atoms with van der Waals surface area (Å²) in [6, 6.07) is 9.51. The topological polar surface area (TPSA) is 80.5 Å². The second-order valence-corrected chi connectivity index (χ2v) is 7.01. The molecule has 0 bridgehead atoms. The van der Waals surface area contributed by atoms with Crippen LogP contribution in [0.25, 0.3) is 0 Å². The molecule has 1 N–H and O–H groups in total. The van der Waals surface area contributed by atoms with Crippen molar-refractivity contribution in [2.24, 2.45) is 5.92 Å². The molecule has 1 aromatic carbocycles. The van der Waals surface area contributed by atoms with Gasteiger partial charge in [-0.05, 0) is 30.9 Å². The van der Waals surface area contributed by atoms with Crippen LogP contribution in [-0.4, -0.2) is 40.7 Å². The van der Waals surface area contributed by atoms with Crippen molar-refractivity contribution in [1.82, 2.24) is 20.4 Å². The van der Waals surface area contributed by atoms with E-state index in [1.54, 1.807) is 0 Å². The maximum Gasteiger partial charge on any atom is 0.317 e. The number of nitrogens with zero attached hydrogens (tertiary/aromatic N) is 3. The van der Waals surface area contributed by atoms with Gasteiger partial charge in [0.05, 0.1) is 0 Å². The van der Waals surface area contributed by atoms with Gasteiger partial charge >= 0.3 is 6.03 Å². The van der Waals surface area contributed by atoms with Gasteiger partial charge in [0, 0.05) is 25.6 Å². The van der Waals surface area contributed by atoms with Crippen LogP contribution in [0.2, 0.25) is 0 Å². The molecule has 0 saturated carbocycles. The Morgan fingerprint density at radius 2 is 2.19 bits per heavy atom. The highest BCUT2D eigenvalue weighted by Crippen LogP contribution is 2.25. The van der Waals surface area contributed by atoms with Crippen molar-refractivity contribution in [1.29, 1.82) is 0 Å². The molecule has 2 heterocycles. The Morgan fingerprint density at radius 1 is 1.38 bits per heavy atom. The summed E-state index contributed by atoms with van der Waals surface area (Å²) in [5, 5.41) is 7.07. The zero-order valence-corrected chi connectivity index (χ0v) is 15.4. The van der Waals surface area contributed by atoms with Crippen LogP contribution in [0.4, 0.5) is 4.79 Å². The number of para-hydroxylation sites is 1. The molecule has 1 aliphatic heterocycles.